The summed E-state index contributed by atoms with van der Waals surface area (Å²) in [5.74, 6) is -0.352. The highest BCUT2D eigenvalue weighted by atomic mass is 79.9. The van der Waals surface area contributed by atoms with Gasteiger partial charge in [-0.2, -0.15) is 0 Å². The van der Waals surface area contributed by atoms with E-state index in [9.17, 15) is 9.59 Å². The molecule has 0 aliphatic carbocycles. The van der Waals surface area contributed by atoms with Crippen molar-refractivity contribution in [3.05, 3.63) is 70.2 Å². The molecule has 0 radical (unpaired) electrons. The number of carbonyl (C=O) groups excluding carboxylic acids is 2. The monoisotopic (exact) mass is 386 g/mol. The van der Waals surface area contributed by atoms with E-state index in [1.54, 1.807) is 6.08 Å². The molecular weight excluding hydrogens is 368 g/mol. The summed E-state index contributed by atoms with van der Waals surface area (Å²) in [4.78, 5) is 23.6. The maximum Gasteiger partial charge on any atom is 0.244 e. The lowest BCUT2D eigenvalue weighted by atomic mass is 10.2. The fraction of sp³-hybridized carbons (Fsp3) is 0.158. The van der Waals surface area contributed by atoms with E-state index in [1.807, 2.05) is 55.5 Å². The van der Waals surface area contributed by atoms with Crippen molar-refractivity contribution in [3.63, 3.8) is 0 Å². The van der Waals surface area contributed by atoms with Gasteiger partial charge in [-0.15, -0.1) is 0 Å². The standard InChI is InChI=1S/C19H19BrN2O2/c1-14-13-16(8-9-17(14)20)22-19(24)11-12-21-18(23)10-7-15-5-3-2-4-6-15/h2-10,13H,11-12H2,1H3,(H,21,23)(H,22,24)/b10-7+. The lowest BCUT2D eigenvalue weighted by Gasteiger charge is -2.07. The molecule has 2 rings (SSSR count). The van der Waals surface area contributed by atoms with Gasteiger partial charge in [0.2, 0.25) is 11.8 Å². The van der Waals surface area contributed by atoms with Crippen LogP contribution in [0.4, 0.5) is 5.69 Å². The van der Waals surface area contributed by atoms with Gasteiger partial charge in [-0.3, -0.25) is 9.59 Å². The number of rotatable bonds is 6. The molecule has 124 valence electrons. The third-order valence-electron chi connectivity index (χ3n) is 3.32. The molecule has 0 spiro atoms. The first-order valence-corrected chi connectivity index (χ1v) is 8.41. The molecule has 0 bridgehead atoms. The van der Waals surface area contributed by atoms with Crippen LogP contribution in [-0.2, 0) is 9.59 Å². The molecule has 0 aliphatic rings. The van der Waals surface area contributed by atoms with Crippen LogP contribution >= 0.6 is 15.9 Å². The van der Waals surface area contributed by atoms with E-state index < -0.39 is 0 Å². The molecule has 0 atom stereocenters. The van der Waals surface area contributed by atoms with E-state index in [1.165, 1.54) is 6.08 Å². The number of nitrogens with one attached hydrogen (secondary N) is 2. The lowest BCUT2D eigenvalue weighted by Crippen LogP contribution is -2.26. The van der Waals surface area contributed by atoms with Crippen molar-refractivity contribution in [1.29, 1.82) is 0 Å². The molecule has 2 amide bonds. The molecular formula is C19H19BrN2O2. The topological polar surface area (TPSA) is 58.2 Å². The summed E-state index contributed by atoms with van der Waals surface area (Å²) in [5, 5.41) is 5.51. The van der Waals surface area contributed by atoms with Gasteiger partial charge in [0.05, 0.1) is 0 Å². The highest BCUT2D eigenvalue weighted by Crippen LogP contribution is 2.19. The van der Waals surface area contributed by atoms with Crippen molar-refractivity contribution in [2.45, 2.75) is 13.3 Å². The summed E-state index contributed by atoms with van der Waals surface area (Å²) in [6.07, 6.45) is 3.42. The minimum atomic E-state index is -0.217. The number of amides is 2. The van der Waals surface area contributed by atoms with Crippen molar-refractivity contribution < 1.29 is 9.59 Å². The van der Waals surface area contributed by atoms with E-state index >= 15 is 0 Å². The Hall–Kier alpha value is -2.40. The number of benzene rings is 2. The van der Waals surface area contributed by atoms with Gasteiger partial charge in [0.25, 0.3) is 0 Å². The molecule has 5 heteroatoms. The molecule has 0 saturated carbocycles. The second-order valence-corrected chi connectivity index (χ2v) is 6.15. The third-order valence-corrected chi connectivity index (χ3v) is 4.21. The zero-order chi connectivity index (χ0) is 17.4. The van der Waals surface area contributed by atoms with Gasteiger partial charge in [-0.1, -0.05) is 46.3 Å². The van der Waals surface area contributed by atoms with Gasteiger partial charge in [0, 0.05) is 29.2 Å². The van der Waals surface area contributed by atoms with Crippen LogP contribution in [0.3, 0.4) is 0 Å². The average molecular weight is 387 g/mol. The molecule has 24 heavy (non-hydrogen) atoms. The Morgan fingerprint density at radius 3 is 2.58 bits per heavy atom. The smallest absolute Gasteiger partial charge is 0.244 e. The zero-order valence-electron chi connectivity index (χ0n) is 13.4. The van der Waals surface area contributed by atoms with Gasteiger partial charge in [0.1, 0.15) is 0 Å². The maximum atomic E-state index is 11.9. The van der Waals surface area contributed by atoms with E-state index in [0.717, 1.165) is 21.3 Å². The van der Waals surface area contributed by atoms with Crippen LogP contribution in [0.15, 0.2) is 59.1 Å². The van der Waals surface area contributed by atoms with Crippen LogP contribution in [0.5, 0.6) is 0 Å². The van der Waals surface area contributed by atoms with E-state index in [0.29, 0.717) is 6.54 Å². The van der Waals surface area contributed by atoms with Gasteiger partial charge in [-0.05, 0) is 42.3 Å². The molecule has 0 aromatic heterocycles. The molecule has 0 heterocycles. The largest absolute Gasteiger partial charge is 0.352 e. The second kappa shape index (κ2) is 9.03. The summed E-state index contributed by atoms with van der Waals surface area (Å²) in [6.45, 7) is 2.25. The Bertz CT molecular complexity index is 742. The average Bonchev–Trinajstić information content (AvgIpc) is 2.57. The molecule has 0 unspecified atom stereocenters. The molecule has 0 saturated heterocycles. The number of halogens is 1. The Balaban J connectivity index is 1.73. The minimum Gasteiger partial charge on any atom is -0.352 e. The summed E-state index contributed by atoms with van der Waals surface area (Å²) >= 11 is 3.42. The molecule has 2 aromatic rings. The van der Waals surface area contributed by atoms with Crippen molar-refractivity contribution in [3.8, 4) is 0 Å². The molecule has 2 N–H and O–H groups in total. The molecule has 0 fully saturated rings. The van der Waals surface area contributed by atoms with E-state index in [-0.39, 0.29) is 18.2 Å². The summed E-state index contributed by atoms with van der Waals surface area (Å²) in [5.41, 5.74) is 2.75. The predicted octanol–water partition coefficient (Wildman–Crippen LogP) is 3.92. The van der Waals surface area contributed by atoms with Gasteiger partial charge < -0.3 is 10.6 Å². The van der Waals surface area contributed by atoms with Crippen LogP contribution in [0, 0.1) is 6.92 Å². The first-order chi connectivity index (χ1) is 11.5. The Labute approximate surface area is 150 Å². The zero-order valence-corrected chi connectivity index (χ0v) is 15.0. The molecule has 2 aromatic carbocycles. The van der Waals surface area contributed by atoms with Gasteiger partial charge >= 0.3 is 0 Å². The van der Waals surface area contributed by atoms with Crippen LogP contribution in [0.2, 0.25) is 0 Å². The van der Waals surface area contributed by atoms with Crippen LogP contribution in [0.1, 0.15) is 17.5 Å². The van der Waals surface area contributed by atoms with Crippen molar-refractivity contribution in [1.82, 2.24) is 5.32 Å². The van der Waals surface area contributed by atoms with E-state index in [2.05, 4.69) is 26.6 Å². The minimum absolute atomic E-state index is 0.135. The van der Waals surface area contributed by atoms with Gasteiger partial charge in [-0.25, -0.2) is 0 Å². The molecule has 4 nitrogen and oxygen atoms in total. The lowest BCUT2D eigenvalue weighted by molar-refractivity contribution is -0.117. The number of hydrogen-bond donors (Lipinski definition) is 2. The van der Waals surface area contributed by atoms with E-state index in [4.69, 9.17) is 0 Å². The van der Waals surface area contributed by atoms with Crippen molar-refractivity contribution >= 4 is 39.5 Å². The first kappa shape index (κ1) is 17.9. The van der Waals surface area contributed by atoms with Crippen LogP contribution in [-0.4, -0.2) is 18.4 Å². The highest BCUT2D eigenvalue weighted by molar-refractivity contribution is 9.10. The Morgan fingerprint density at radius 1 is 1.12 bits per heavy atom. The second-order valence-electron chi connectivity index (χ2n) is 5.30. The third kappa shape index (κ3) is 6.01. The Kier molecular flexibility index (Phi) is 6.75. The van der Waals surface area contributed by atoms with Crippen LogP contribution in [0.25, 0.3) is 6.08 Å². The van der Waals surface area contributed by atoms with Crippen molar-refractivity contribution in [2.24, 2.45) is 0 Å². The highest BCUT2D eigenvalue weighted by Gasteiger charge is 2.04. The summed E-state index contributed by atoms with van der Waals surface area (Å²) < 4.78 is 0.998. The van der Waals surface area contributed by atoms with Crippen molar-refractivity contribution in [2.75, 3.05) is 11.9 Å². The number of anilines is 1. The van der Waals surface area contributed by atoms with Crippen LogP contribution < -0.4 is 10.6 Å². The molecule has 0 aliphatic heterocycles. The van der Waals surface area contributed by atoms with Gasteiger partial charge in [0.15, 0.2) is 0 Å². The number of aryl methyl sites for hydroxylation is 1. The first-order valence-electron chi connectivity index (χ1n) is 7.61. The summed E-state index contributed by atoms with van der Waals surface area (Å²) in [6, 6.07) is 15.2. The normalized spacial score (nSPS) is 10.6. The fourth-order valence-electron chi connectivity index (χ4n) is 2.04. The maximum absolute atomic E-state index is 11.9. The summed E-state index contributed by atoms with van der Waals surface area (Å²) in [7, 11) is 0. The quantitative estimate of drug-likeness (QED) is 0.739. The number of hydrogen-bond acceptors (Lipinski definition) is 2. The fourth-order valence-corrected chi connectivity index (χ4v) is 2.29. The Morgan fingerprint density at radius 2 is 1.88 bits per heavy atom. The predicted molar refractivity (Wildman–Crippen MR) is 101 cm³/mol. The SMILES string of the molecule is Cc1cc(NC(=O)CCNC(=O)/C=C/c2ccccc2)ccc1Br. The number of carbonyl (C=O) groups is 2.